The number of imidazole rings is 1. The van der Waals surface area contributed by atoms with E-state index in [-0.39, 0.29) is 0 Å². The Labute approximate surface area is 103 Å². The highest BCUT2D eigenvalue weighted by Gasteiger charge is 2.38. The van der Waals surface area contributed by atoms with Gasteiger partial charge in [-0.05, 0) is 36.0 Å². The number of hydrogen-bond donors (Lipinski definition) is 0. The lowest BCUT2D eigenvalue weighted by Crippen LogP contribution is -1.97. The molecule has 0 bridgehead atoms. The molecule has 1 aromatic heterocycles. The van der Waals surface area contributed by atoms with Gasteiger partial charge in [0.05, 0.1) is 6.33 Å². The van der Waals surface area contributed by atoms with E-state index in [1.54, 1.807) is 0 Å². The van der Waals surface area contributed by atoms with E-state index in [0.29, 0.717) is 0 Å². The predicted molar refractivity (Wildman–Crippen MR) is 67.2 cm³/mol. The number of benzene rings is 1. The van der Waals surface area contributed by atoms with Crippen molar-refractivity contribution in [2.24, 2.45) is 5.92 Å². The van der Waals surface area contributed by atoms with Gasteiger partial charge in [0.15, 0.2) is 0 Å². The molecule has 2 atom stereocenters. The molecular formula is C13H13BrN2. The summed E-state index contributed by atoms with van der Waals surface area (Å²) in [5.74, 6) is 1.53. The van der Waals surface area contributed by atoms with Gasteiger partial charge in [0.2, 0.25) is 0 Å². The highest BCUT2D eigenvalue weighted by atomic mass is 79.9. The Balaban J connectivity index is 1.65. The summed E-state index contributed by atoms with van der Waals surface area (Å²) in [5, 5.41) is 0. The van der Waals surface area contributed by atoms with Crippen LogP contribution >= 0.6 is 15.9 Å². The summed E-state index contributed by atoms with van der Waals surface area (Å²) in [7, 11) is 0. The van der Waals surface area contributed by atoms with Gasteiger partial charge in [0.25, 0.3) is 0 Å². The van der Waals surface area contributed by atoms with Gasteiger partial charge in [-0.15, -0.1) is 0 Å². The SMILES string of the molecule is Brc1ccc([C@@H]2C[C@@H]2Cn2ccnc2)cc1. The van der Waals surface area contributed by atoms with Gasteiger partial charge in [0, 0.05) is 23.4 Å². The van der Waals surface area contributed by atoms with Crippen LogP contribution in [-0.2, 0) is 6.54 Å². The topological polar surface area (TPSA) is 17.8 Å². The molecule has 0 saturated heterocycles. The van der Waals surface area contributed by atoms with Crippen LogP contribution in [0.4, 0.5) is 0 Å². The molecule has 0 N–H and O–H groups in total. The lowest BCUT2D eigenvalue weighted by Gasteiger charge is -2.02. The average Bonchev–Trinajstić information content (AvgIpc) is 2.85. The minimum atomic E-state index is 0.746. The quantitative estimate of drug-likeness (QED) is 0.840. The number of nitrogens with zero attached hydrogens (tertiary/aromatic N) is 2. The summed E-state index contributed by atoms with van der Waals surface area (Å²) < 4.78 is 3.33. The van der Waals surface area contributed by atoms with Crippen molar-refractivity contribution in [2.75, 3.05) is 0 Å². The molecule has 2 nitrogen and oxygen atoms in total. The second-order valence-corrected chi connectivity index (χ2v) is 5.33. The maximum absolute atomic E-state index is 4.07. The van der Waals surface area contributed by atoms with E-state index in [4.69, 9.17) is 0 Å². The highest BCUT2D eigenvalue weighted by molar-refractivity contribution is 9.10. The molecule has 2 aromatic rings. The van der Waals surface area contributed by atoms with Crippen molar-refractivity contribution in [2.45, 2.75) is 18.9 Å². The first-order valence-electron chi connectivity index (χ1n) is 5.54. The fourth-order valence-corrected chi connectivity index (χ4v) is 2.50. The molecule has 1 heterocycles. The van der Waals surface area contributed by atoms with E-state index in [9.17, 15) is 0 Å². The number of halogens is 1. The maximum Gasteiger partial charge on any atom is 0.0946 e. The van der Waals surface area contributed by atoms with Crippen LogP contribution in [0.5, 0.6) is 0 Å². The first-order valence-corrected chi connectivity index (χ1v) is 6.33. The van der Waals surface area contributed by atoms with E-state index >= 15 is 0 Å². The summed E-state index contributed by atoms with van der Waals surface area (Å²) in [6.45, 7) is 1.10. The molecule has 0 radical (unpaired) electrons. The Bertz CT molecular complexity index is 461. The van der Waals surface area contributed by atoms with Gasteiger partial charge in [-0.2, -0.15) is 0 Å². The normalized spacial score (nSPS) is 23.3. The van der Waals surface area contributed by atoms with E-state index in [1.807, 2.05) is 18.7 Å². The van der Waals surface area contributed by atoms with Crippen LogP contribution in [-0.4, -0.2) is 9.55 Å². The zero-order chi connectivity index (χ0) is 11.0. The van der Waals surface area contributed by atoms with Crippen molar-refractivity contribution >= 4 is 15.9 Å². The zero-order valence-electron chi connectivity index (χ0n) is 8.88. The van der Waals surface area contributed by atoms with E-state index in [1.165, 1.54) is 12.0 Å². The van der Waals surface area contributed by atoms with E-state index in [2.05, 4.69) is 49.7 Å². The monoisotopic (exact) mass is 276 g/mol. The first kappa shape index (κ1) is 10.1. The largest absolute Gasteiger partial charge is 0.337 e. The molecule has 1 aliphatic rings. The lowest BCUT2D eigenvalue weighted by molar-refractivity contribution is 0.612. The van der Waals surface area contributed by atoms with Crippen LogP contribution in [0.15, 0.2) is 47.5 Å². The Morgan fingerprint density at radius 1 is 1.31 bits per heavy atom. The number of hydrogen-bond acceptors (Lipinski definition) is 1. The summed E-state index contributed by atoms with van der Waals surface area (Å²) in [6, 6.07) is 8.70. The van der Waals surface area contributed by atoms with Crippen LogP contribution in [0.3, 0.4) is 0 Å². The third kappa shape index (κ3) is 2.05. The van der Waals surface area contributed by atoms with Crippen LogP contribution in [0.2, 0.25) is 0 Å². The first-order chi connectivity index (χ1) is 7.83. The minimum absolute atomic E-state index is 0.746. The molecule has 1 fully saturated rings. The van der Waals surface area contributed by atoms with Crippen molar-refractivity contribution in [3.63, 3.8) is 0 Å². The van der Waals surface area contributed by atoms with Crippen molar-refractivity contribution in [1.82, 2.24) is 9.55 Å². The molecular weight excluding hydrogens is 264 g/mol. The fraction of sp³-hybridized carbons (Fsp3) is 0.308. The second kappa shape index (κ2) is 4.06. The van der Waals surface area contributed by atoms with Crippen LogP contribution in [0.25, 0.3) is 0 Å². The number of rotatable bonds is 3. The standard InChI is InChI=1S/C13H13BrN2/c14-12-3-1-10(2-4-12)13-7-11(13)8-16-6-5-15-9-16/h1-6,9,11,13H,7-8H2/t11-,13+/m1/s1. The highest BCUT2D eigenvalue weighted by Crippen LogP contribution is 2.48. The van der Waals surface area contributed by atoms with Crippen LogP contribution in [0.1, 0.15) is 17.9 Å². The molecule has 3 heteroatoms. The maximum atomic E-state index is 4.07. The smallest absolute Gasteiger partial charge is 0.0946 e. The summed E-state index contributed by atoms with van der Waals surface area (Å²) >= 11 is 3.47. The van der Waals surface area contributed by atoms with E-state index < -0.39 is 0 Å². The molecule has 82 valence electrons. The third-order valence-electron chi connectivity index (χ3n) is 3.23. The molecule has 1 aliphatic carbocycles. The summed E-state index contributed by atoms with van der Waals surface area (Å²) in [5.41, 5.74) is 1.47. The predicted octanol–water partition coefficient (Wildman–Crippen LogP) is 3.45. The molecule has 3 rings (SSSR count). The van der Waals surface area contributed by atoms with Gasteiger partial charge in [-0.25, -0.2) is 4.98 Å². The Kier molecular flexibility index (Phi) is 2.56. The van der Waals surface area contributed by atoms with Gasteiger partial charge >= 0.3 is 0 Å². The van der Waals surface area contributed by atoms with Gasteiger partial charge in [-0.1, -0.05) is 28.1 Å². The van der Waals surface area contributed by atoms with Crippen molar-refractivity contribution in [1.29, 1.82) is 0 Å². The second-order valence-electron chi connectivity index (χ2n) is 4.41. The lowest BCUT2D eigenvalue weighted by atomic mass is 10.1. The van der Waals surface area contributed by atoms with Crippen LogP contribution in [0, 0.1) is 5.92 Å². The Morgan fingerprint density at radius 2 is 2.12 bits per heavy atom. The van der Waals surface area contributed by atoms with Gasteiger partial charge in [0.1, 0.15) is 0 Å². The molecule has 16 heavy (non-hydrogen) atoms. The fourth-order valence-electron chi connectivity index (χ4n) is 2.23. The van der Waals surface area contributed by atoms with E-state index in [0.717, 1.165) is 22.9 Å². The summed E-state index contributed by atoms with van der Waals surface area (Å²) in [6.07, 6.45) is 7.09. The van der Waals surface area contributed by atoms with Gasteiger partial charge < -0.3 is 4.57 Å². The number of aromatic nitrogens is 2. The minimum Gasteiger partial charge on any atom is -0.337 e. The Morgan fingerprint density at radius 3 is 2.81 bits per heavy atom. The van der Waals surface area contributed by atoms with Crippen LogP contribution < -0.4 is 0 Å². The molecule has 0 amide bonds. The van der Waals surface area contributed by atoms with Crippen molar-refractivity contribution < 1.29 is 0 Å². The van der Waals surface area contributed by atoms with Crippen molar-refractivity contribution in [3.8, 4) is 0 Å². The Hall–Kier alpha value is -1.09. The molecule has 0 unspecified atom stereocenters. The van der Waals surface area contributed by atoms with Gasteiger partial charge in [-0.3, -0.25) is 0 Å². The molecule has 0 spiro atoms. The molecule has 1 saturated carbocycles. The molecule has 0 aliphatic heterocycles. The third-order valence-corrected chi connectivity index (χ3v) is 3.75. The molecule has 1 aromatic carbocycles. The zero-order valence-corrected chi connectivity index (χ0v) is 10.5. The van der Waals surface area contributed by atoms with Crippen molar-refractivity contribution in [3.05, 3.63) is 53.0 Å². The average molecular weight is 277 g/mol. The summed E-state index contributed by atoms with van der Waals surface area (Å²) in [4.78, 5) is 4.07.